The number of amides is 1. The van der Waals surface area contributed by atoms with Gasteiger partial charge in [0.05, 0.1) is 6.54 Å². The Morgan fingerprint density at radius 2 is 2.06 bits per heavy atom. The van der Waals surface area contributed by atoms with Gasteiger partial charge in [0.1, 0.15) is 10.0 Å². The van der Waals surface area contributed by atoms with E-state index in [1.54, 1.807) is 11.3 Å². The number of aromatic nitrogens is 2. The predicted octanol–water partition coefficient (Wildman–Crippen LogP) is 1.61. The number of hydrogen-bond acceptors (Lipinski definition) is 5. The Bertz CT molecular complexity index is 375. The minimum absolute atomic E-state index is 0. The van der Waals surface area contributed by atoms with Crippen LogP contribution in [-0.4, -0.2) is 22.6 Å². The number of carbonyl (C=O) groups excluding carboxylic acids is 1. The van der Waals surface area contributed by atoms with Crippen LogP contribution in [0.15, 0.2) is 0 Å². The first-order chi connectivity index (χ1) is 7.93. The molecule has 3 N–H and O–H groups in total. The zero-order chi connectivity index (χ0) is 12.9. The molecular formula is C11H21ClN4OS. The van der Waals surface area contributed by atoms with Crippen LogP contribution in [-0.2, 0) is 16.8 Å². The highest BCUT2D eigenvalue weighted by Crippen LogP contribution is 2.25. The lowest BCUT2D eigenvalue weighted by Gasteiger charge is -2.12. The van der Waals surface area contributed by atoms with Gasteiger partial charge in [-0.2, -0.15) is 0 Å². The molecule has 0 bridgehead atoms. The van der Waals surface area contributed by atoms with E-state index < -0.39 is 0 Å². The zero-order valence-corrected chi connectivity index (χ0v) is 12.7. The molecule has 0 saturated carbocycles. The van der Waals surface area contributed by atoms with Gasteiger partial charge in [0.15, 0.2) is 0 Å². The van der Waals surface area contributed by atoms with Crippen LogP contribution in [0.5, 0.6) is 0 Å². The molecule has 1 rings (SSSR count). The molecule has 0 radical (unpaired) electrons. The molecule has 0 atom stereocenters. The van der Waals surface area contributed by atoms with E-state index >= 15 is 0 Å². The molecule has 0 saturated heterocycles. The number of hydrogen-bond donors (Lipinski definition) is 2. The van der Waals surface area contributed by atoms with Crippen molar-refractivity contribution in [3.8, 4) is 0 Å². The Morgan fingerprint density at radius 1 is 1.39 bits per heavy atom. The molecule has 1 heterocycles. The third-order valence-electron chi connectivity index (χ3n) is 2.15. The van der Waals surface area contributed by atoms with Crippen molar-refractivity contribution in [2.24, 2.45) is 5.73 Å². The molecule has 0 aliphatic heterocycles. The number of nitrogens with two attached hydrogens (primary N) is 1. The van der Waals surface area contributed by atoms with Crippen LogP contribution in [0.2, 0.25) is 0 Å². The van der Waals surface area contributed by atoms with Crippen molar-refractivity contribution in [1.29, 1.82) is 0 Å². The minimum Gasteiger partial charge on any atom is -0.350 e. The summed E-state index contributed by atoms with van der Waals surface area (Å²) in [5.41, 5.74) is 5.35. The maximum atomic E-state index is 11.4. The van der Waals surface area contributed by atoms with Gasteiger partial charge in [-0.05, 0) is 13.0 Å². The number of carbonyl (C=O) groups is 1. The fraction of sp³-hybridized carbons (Fsp3) is 0.727. The molecule has 1 aromatic rings. The summed E-state index contributed by atoms with van der Waals surface area (Å²) in [6.45, 7) is 7.28. The molecule has 0 aliphatic rings. The Morgan fingerprint density at radius 3 is 2.56 bits per heavy atom. The van der Waals surface area contributed by atoms with Crippen LogP contribution in [0, 0.1) is 0 Å². The second-order valence-electron chi connectivity index (χ2n) is 4.92. The highest BCUT2D eigenvalue weighted by molar-refractivity contribution is 7.11. The minimum atomic E-state index is 0. The van der Waals surface area contributed by atoms with Gasteiger partial charge < -0.3 is 11.1 Å². The third-order valence-corrected chi connectivity index (χ3v) is 3.50. The lowest BCUT2D eigenvalue weighted by atomic mass is 9.98. The summed E-state index contributed by atoms with van der Waals surface area (Å²) in [6.07, 6.45) is 1.19. The summed E-state index contributed by atoms with van der Waals surface area (Å²) < 4.78 is 0. The fourth-order valence-electron chi connectivity index (χ4n) is 1.15. The topological polar surface area (TPSA) is 80.9 Å². The fourth-order valence-corrected chi connectivity index (χ4v) is 1.99. The van der Waals surface area contributed by atoms with Gasteiger partial charge in [0.2, 0.25) is 5.91 Å². The lowest BCUT2D eigenvalue weighted by Crippen LogP contribution is -2.23. The Kier molecular flexibility index (Phi) is 7.35. The average Bonchev–Trinajstić information content (AvgIpc) is 2.71. The second kappa shape index (κ2) is 7.66. The Balaban J connectivity index is 0.00000289. The molecular weight excluding hydrogens is 272 g/mol. The van der Waals surface area contributed by atoms with Gasteiger partial charge in [-0.25, -0.2) is 0 Å². The van der Waals surface area contributed by atoms with Gasteiger partial charge in [-0.3, -0.25) is 4.79 Å². The predicted molar refractivity (Wildman–Crippen MR) is 76.0 cm³/mol. The number of nitrogens with one attached hydrogen (secondary N) is 1. The Hall–Kier alpha value is -0.720. The molecule has 7 heteroatoms. The molecule has 0 spiro atoms. The second-order valence-corrected chi connectivity index (χ2v) is 5.98. The molecule has 5 nitrogen and oxygen atoms in total. The van der Waals surface area contributed by atoms with Crippen molar-refractivity contribution in [2.75, 3.05) is 6.54 Å². The van der Waals surface area contributed by atoms with Crippen LogP contribution < -0.4 is 11.1 Å². The van der Waals surface area contributed by atoms with Crippen molar-refractivity contribution in [1.82, 2.24) is 15.5 Å². The van der Waals surface area contributed by atoms with Crippen LogP contribution in [0.3, 0.4) is 0 Å². The summed E-state index contributed by atoms with van der Waals surface area (Å²) in [5, 5.41) is 12.8. The summed E-state index contributed by atoms with van der Waals surface area (Å²) in [4.78, 5) is 11.4. The summed E-state index contributed by atoms with van der Waals surface area (Å²) >= 11 is 1.54. The molecule has 0 aliphatic carbocycles. The van der Waals surface area contributed by atoms with Crippen LogP contribution in [0.4, 0.5) is 0 Å². The largest absolute Gasteiger partial charge is 0.350 e. The molecule has 0 fully saturated rings. The van der Waals surface area contributed by atoms with Crippen molar-refractivity contribution >= 4 is 29.7 Å². The zero-order valence-electron chi connectivity index (χ0n) is 11.0. The van der Waals surface area contributed by atoms with Crippen molar-refractivity contribution in [2.45, 2.75) is 45.6 Å². The average molecular weight is 293 g/mol. The van der Waals surface area contributed by atoms with Gasteiger partial charge in [-0.1, -0.05) is 32.1 Å². The quantitative estimate of drug-likeness (QED) is 0.864. The first-order valence-corrected chi connectivity index (χ1v) is 6.54. The standard InChI is InChI=1S/C11H20N4OS.ClH/c1-11(2,3)10-15-14-9(17-10)7-13-8(16)5-4-6-12;/h4-7,12H2,1-3H3,(H,13,16);1H. The maximum Gasteiger partial charge on any atom is 0.220 e. The number of nitrogens with zero attached hydrogens (tertiary/aromatic N) is 2. The SMILES string of the molecule is CC(C)(C)c1nnc(CNC(=O)CCCN)s1.Cl. The van der Waals surface area contributed by atoms with E-state index in [2.05, 4.69) is 36.3 Å². The van der Waals surface area contributed by atoms with Crippen LogP contribution in [0.25, 0.3) is 0 Å². The number of rotatable bonds is 5. The highest BCUT2D eigenvalue weighted by atomic mass is 35.5. The van der Waals surface area contributed by atoms with Gasteiger partial charge in [0.25, 0.3) is 0 Å². The van der Waals surface area contributed by atoms with E-state index in [1.165, 1.54) is 0 Å². The normalized spacial score (nSPS) is 10.9. The van der Waals surface area contributed by atoms with Gasteiger partial charge in [0, 0.05) is 11.8 Å². The number of halogens is 1. The molecule has 104 valence electrons. The lowest BCUT2D eigenvalue weighted by molar-refractivity contribution is -0.121. The molecule has 1 amide bonds. The molecule has 18 heavy (non-hydrogen) atoms. The van der Waals surface area contributed by atoms with E-state index in [0.29, 0.717) is 19.5 Å². The first kappa shape index (κ1) is 17.3. The van der Waals surface area contributed by atoms with E-state index in [1.807, 2.05) is 0 Å². The molecule has 0 unspecified atom stereocenters. The van der Waals surface area contributed by atoms with Crippen LogP contribution >= 0.6 is 23.7 Å². The van der Waals surface area contributed by atoms with Gasteiger partial charge in [-0.15, -0.1) is 22.6 Å². The van der Waals surface area contributed by atoms with E-state index in [-0.39, 0.29) is 23.7 Å². The van der Waals surface area contributed by atoms with Crippen molar-refractivity contribution in [3.63, 3.8) is 0 Å². The Labute approximate surface area is 118 Å². The van der Waals surface area contributed by atoms with E-state index in [9.17, 15) is 4.79 Å². The monoisotopic (exact) mass is 292 g/mol. The third kappa shape index (κ3) is 5.75. The molecule has 1 aromatic heterocycles. The van der Waals surface area contributed by atoms with Gasteiger partial charge >= 0.3 is 0 Å². The highest BCUT2D eigenvalue weighted by Gasteiger charge is 2.19. The summed E-state index contributed by atoms with van der Waals surface area (Å²) in [6, 6.07) is 0. The van der Waals surface area contributed by atoms with Crippen LogP contribution in [0.1, 0.15) is 43.6 Å². The smallest absolute Gasteiger partial charge is 0.220 e. The van der Waals surface area contributed by atoms with E-state index in [4.69, 9.17) is 5.73 Å². The molecule has 0 aromatic carbocycles. The summed E-state index contributed by atoms with van der Waals surface area (Å²) in [7, 11) is 0. The van der Waals surface area contributed by atoms with E-state index in [0.717, 1.165) is 16.4 Å². The first-order valence-electron chi connectivity index (χ1n) is 5.73. The van der Waals surface area contributed by atoms with Crippen molar-refractivity contribution in [3.05, 3.63) is 10.0 Å². The summed E-state index contributed by atoms with van der Waals surface area (Å²) in [5.74, 6) is 0.0166. The maximum absolute atomic E-state index is 11.4. The van der Waals surface area contributed by atoms with Crippen molar-refractivity contribution < 1.29 is 4.79 Å².